The molecule has 1 aliphatic rings. The number of para-hydroxylation sites is 2. The largest absolute Gasteiger partial charge is 0.336 e. The number of nitro benzene ring substituents is 1. The van der Waals surface area contributed by atoms with E-state index >= 15 is 0 Å². The highest BCUT2D eigenvalue weighted by molar-refractivity contribution is 5.94. The van der Waals surface area contributed by atoms with Crippen LogP contribution in [-0.2, 0) is 4.79 Å². The van der Waals surface area contributed by atoms with Crippen LogP contribution in [0.1, 0.15) is 34.7 Å². The zero-order valence-electron chi connectivity index (χ0n) is 19.3. The van der Waals surface area contributed by atoms with Crippen molar-refractivity contribution in [3.8, 4) is 5.69 Å². The number of piperidine rings is 1. The van der Waals surface area contributed by atoms with Crippen LogP contribution in [0.25, 0.3) is 5.69 Å². The molecule has 1 unspecified atom stereocenters. The Labute approximate surface area is 200 Å². The van der Waals surface area contributed by atoms with Gasteiger partial charge in [0.2, 0.25) is 11.3 Å². The Morgan fingerprint density at radius 3 is 2.66 bits per heavy atom. The van der Waals surface area contributed by atoms with Crippen molar-refractivity contribution in [3.05, 3.63) is 86.0 Å². The Hall–Kier alpha value is -4.41. The van der Waals surface area contributed by atoms with Crippen molar-refractivity contribution in [1.82, 2.24) is 19.7 Å². The first-order valence-corrected chi connectivity index (χ1v) is 11.1. The number of pyridine rings is 1. The number of hydrogen-bond acceptors (Lipinski definition) is 7. The van der Waals surface area contributed by atoms with Gasteiger partial charge >= 0.3 is 0 Å². The number of aromatic nitrogens is 3. The molecule has 11 heteroatoms. The lowest BCUT2D eigenvalue weighted by Crippen LogP contribution is -2.45. The van der Waals surface area contributed by atoms with Gasteiger partial charge in [0, 0.05) is 36.6 Å². The summed E-state index contributed by atoms with van der Waals surface area (Å²) in [5, 5.41) is 18.5. The first-order chi connectivity index (χ1) is 16.7. The quantitative estimate of drug-likeness (QED) is 0.441. The molecule has 1 aromatic carbocycles. The molecule has 0 bridgehead atoms. The van der Waals surface area contributed by atoms with Gasteiger partial charge in [0.25, 0.3) is 11.6 Å². The molecular weight excluding hydrogens is 452 g/mol. The molecule has 1 saturated heterocycles. The Balaban J connectivity index is 1.58. The fourth-order valence-corrected chi connectivity index (χ4v) is 4.10. The number of anilines is 1. The predicted octanol–water partition coefficient (Wildman–Crippen LogP) is 2.64. The predicted molar refractivity (Wildman–Crippen MR) is 127 cm³/mol. The summed E-state index contributed by atoms with van der Waals surface area (Å²) in [6.07, 6.45) is 1.17. The molecule has 1 aliphatic heterocycles. The molecule has 0 saturated carbocycles. The lowest BCUT2D eigenvalue weighted by molar-refractivity contribution is -0.384. The first-order valence-electron chi connectivity index (χ1n) is 11.1. The summed E-state index contributed by atoms with van der Waals surface area (Å²) in [5.74, 6) is -0.910. The standard InChI is InChI=1S/C24H24N6O5/c1-15-7-5-11-21(25-15)26-23(32)17-8-6-12-28(14-17)24(33)22-20(31)13-16(2)29(27-22)18-9-3-4-10-19(18)30(34)35/h3-5,7,9-11,13,17H,6,8,12,14H2,1-2H3,(H,25,26,32). The normalized spacial score (nSPS) is 15.5. The zero-order valence-corrected chi connectivity index (χ0v) is 19.3. The minimum Gasteiger partial charge on any atom is -0.336 e. The van der Waals surface area contributed by atoms with E-state index in [-0.39, 0.29) is 29.5 Å². The number of carbonyl (C=O) groups excluding carboxylic acids is 2. The van der Waals surface area contributed by atoms with Crippen LogP contribution in [-0.4, -0.2) is 49.5 Å². The molecule has 0 aliphatic carbocycles. The van der Waals surface area contributed by atoms with E-state index in [1.165, 1.54) is 33.8 Å². The number of likely N-dealkylation sites (tertiary alicyclic amines) is 1. The third kappa shape index (κ3) is 5.08. The van der Waals surface area contributed by atoms with E-state index in [1.807, 2.05) is 13.0 Å². The Morgan fingerprint density at radius 2 is 1.91 bits per heavy atom. The van der Waals surface area contributed by atoms with E-state index in [4.69, 9.17) is 0 Å². The van der Waals surface area contributed by atoms with Crippen LogP contribution in [0, 0.1) is 29.9 Å². The number of nitrogens with zero attached hydrogens (tertiary/aromatic N) is 5. The average Bonchev–Trinajstić information content (AvgIpc) is 2.84. The second-order valence-corrected chi connectivity index (χ2v) is 8.40. The summed E-state index contributed by atoms with van der Waals surface area (Å²) in [7, 11) is 0. The molecule has 11 nitrogen and oxygen atoms in total. The molecule has 35 heavy (non-hydrogen) atoms. The maximum absolute atomic E-state index is 13.3. The molecule has 1 atom stereocenters. The number of rotatable bonds is 5. The van der Waals surface area contributed by atoms with Gasteiger partial charge in [-0.25, -0.2) is 9.67 Å². The SMILES string of the molecule is Cc1cccc(NC(=O)C2CCCN(C(=O)c3nn(-c4ccccc4[N+](=O)[O-])c(C)cc3=O)C2)n1. The summed E-state index contributed by atoms with van der Waals surface area (Å²) in [6, 6.07) is 12.5. The molecule has 2 aromatic heterocycles. The van der Waals surface area contributed by atoms with Crippen molar-refractivity contribution < 1.29 is 14.5 Å². The smallest absolute Gasteiger partial charge is 0.294 e. The minimum atomic E-state index is -0.617. The molecule has 3 heterocycles. The summed E-state index contributed by atoms with van der Waals surface area (Å²) in [5.41, 5.74) is 0.120. The van der Waals surface area contributed by atoms with Crippen molar-refractivity contribution in [1.29, 1.82) is 0 Å². The maximum atomic E-state index is 13.3. The Bertz CT molecular complexity index is 1370. The third-order valence-electron chi connectivity index (χ3n) is 5.84. The Kier molecular flexibility index (Phi) is 6.67. The van der Waals surface area contributed by atoms with Crippen molar-refractivity contribution in [2.75, 3.05) is 18.4 Å². The second kappa shape index (κ2) is 9.84. The monoisotopic (exact) mass is 476 g/mol. The van der Waals surface area contributed by atoms with E-state index in [9.17, 15) is 24.5 Å². The fraction of sp³-hybridized carbons (Fsp3) is 0.292. The summed E-state index contributed by atoms with van der Waals surface area (Å²) in [4.78, 5) is 55.4. The lowest BCUT2D eigenvalue weighted by atomic mass is 9.96. The van der Waals surface area contributed by atoms with Crippen LogP contribution in [0.4, 0.5) is 11.5 Å². The van der Waals surface area contributed by atoms with E-state index < -0.39 is 22.2 Å². The van der Waals surface area contributed by atoms with Crippen LogP contribution in [0.3, 0.4) is 0 Å². The number of nitro groups is 1. The highest BCUT2D eigenvalue weighted by Gasteiger charge is 2.31. The van der Waals surface area contributed by atoms with Crippen LogP contribution < -0.4 is 10.7 Å². The van der Waals surface area contributed by atoms with Gasteiger partial charge in [0.1, 0.15) is 11.5 Å². The molecular formula is C24H24N6O5. The summed E-state index contributed by atoms with van der Waals surface area (Å²) < 4.78 is 1.23. The van der Waals surface area contributed by atoms with Gasteiger partial charge in [-0.1, -0.05) is 18.2 Å². The number of hydrogen-bond donors (Lipinski definition) is 1. The number of aryl methyl sites for hydroxylation is 2. The van der Waals surface area contributed by atoms with Crippen LogP contribution in [0.5, 0.6) is 0 Å². The molecule has 180 valence electrons. The van der Waals surface area contributed by atoms with Crippen LogP contribution in [0.15, 0.2) is 53.3 Å². The molecule has 0 radical (unpaired) electrons. The highest BCUT2D eigenvalue weighted by atomic mass is 16.6. The second-order valence-electron chi connectivity index (χ2n) is 8.40. The third-order valence-corrected chi connectivity index (χ3v) is 5.84. The van der Waals surface area contributed by atoms with E-state index in [2.05, 4.69) is 15.4 Å². The first kappa shape index (κ1) is 23.7. The van der Waals surface area contributed by atoms with Gasteiger partial charge < -0.3 is 10.2 Å². The van der Waals surface area contributed by atoms with Crippen molar-refractivity contribution in [2.24, 2.45) is 5.92 Å². The number of amides is 2. The van der Waals surface area contributed by atoms with E-state index in [0.717, 1.165) is 5.69 Å². The maximum Gasteiger partial charge on any atom is 0.294 e. The van der Waals surface area contributed by atoms with E-state index in [0.29, 0.717) is 30.9 Å². The summed E-state index contributed by atoms with van der Waals surface area (Å²) >= 11 is 0. The number of benzene rings is 1. The van der Waals surface area contributed by atoms with Gasteiger partial charge in [-0.2, -0.15) is 5.10 Å². The minimum absolute atomic E-state index is 0.122. The van der Waals surface area contributed by atoms with Gasteiger partial charge in [-0.05, 0) is 44.9 Å². The lowest BCUT2D eigenvalue weighted by Gasteiger charge is -2.31. The number of carbonyl (C=O) groups is 2. The van der Waals surface area contributed by atoms with Gasteiger partial charge in [0.15, 0.2) is 5.69 Å². The molecule has 3 aromatic rings. The number of nitrogens with one attached hydrogen (secondary N) is 1. The zero-order chi connectivity index (χ0) is 25.1. The molecule has 1 N–H and O–H groups in total. The Morgan fingerprint density at radius 1 is 1.14 bits per heavy atom. The van der Waals surface area contributed by atoms with Crippen molar-refractivity contribution >= 4 is 23.3 Å². The molecule has 1 fully saturated rings. The van der Waals surface area contributed by atoms with Gasteiger partial charge in [-0.3, -0.25) is 24.5 Å². The average molecular weight is 476 g/mol. The van der Waals surface area contributed by atoms with Crippen LogP contribution >= 0.6 is 0 Å². The van der Waals surface area contributed by atoms with Gasteiger partial charge in [0.05, 0.1) is 10.8 Å². The highest BCUT2D eigenvalue weighted by Crippen LogP contribution is 2.23. The van der Waals surface area contributed by atoms with Crippen molar-refractivity contribution in [3.63, 3.8) is 0 Å². The van der Waals surface area contributed by atoms with Crippen LogP contribution in [0.2, 0.25) is 0 Å². The van der Waals surface area contributed by atoms with Crippen molar-refractivity contribution in [2.45, 2.75) is 26.7 Å². The molecule has 0 spiro atoms. The van der Waals surface area contributed by atoms with Gasteiger partial charge in [-0.15, -0.1) is 0 Å². The molecule has 4 rings (SSSR count). The fourth-order valence-electron chi connectivity index (χ4n) is 4.10. The topological polar surface area (TPSA) is 140 Å². The summed E-state index contributed by atoms with van der Waals surface area (Å²) in [6.45, 7) is 3.89. The molecule has 2 amide bonds. The van der Waals surface area contributed by atoms with E-state index in [1.54, 1.807) is 25.1 Å².